The first-order valence-electron chi connectivity index (χ1n) is 11.2. The highest BCUT2D eigenvalue weighted by Gasteiger charge is 2.36. The second-order valence-electron chi connectivity index (χ2n) is 10.1. The van der Waals surface area contributed by atoms with Crippen molar-refractivity contribution in [1.82, 2.24) is 0 Å². The third-order valence-corrected chi connectivity index (χ3v) is 6.86. The molecule has 3 nitrogen and oxygen atoms in total. The number of aryl methyl sites for hydroxylation is 1. The summed E-state index contributed by atoms with van der Waals surface area (Å²) < 4.78 is 11.8. The maximum atomic E-state index is 13.1. The number of benzene rings is 1. The molecule has 1 atom stereocenters. The summed E-state index contributed by atoms with van der Waals surface area (Å²) in [5.41, 5.74) is 4.49. The highest BCUT2D eigenvalue weighted by atomic mass is 32.1. The van der Waals surface area contributed by atoms with Crippen LogP contribution < -0.4 is 0 Å². The molecule has 1 aliphatic carbocycles. The number of ether oxygens (including phenoxy) is 2. The summed E-state index contributed by atoms with van der Waals surface area (Å²) in [6, 6.07) is 10.5. The minimum Gasteiger partial charge on any atom is -0.464 e. The van der Waals surface area contributed by atoms with Crippen LogP contribution in [0.2, 0.25) is 0 Å². The van der Waals surface area contributed by atoms with Gasteiger partial charge in [-0.25, -0.2) is 4.79 Å². The summed E-state index contributed by atoms with van der Waals surface area (Å²) in [6.07, 6.45) is 4.81. The molecule has 0 bridgehead atoms. The van der Waals surface area contributed by atoms with Gasteiger partial charge in [0.1, 0.15) is 0 Å². The van der Waals surface area contributed by atoms with Crippen LogP contribution in [0, 0.1) is 12.3 Å². The smallest absolute Gasteiger partial charge is 0.340 e. The fraction of sp³-hybridized carbons (Fsp3) is 0.519. The van der Waals surface area contributed by atoms with Gasteiger partial charge in [0.2, 0.25) is 0 Å². The van der Waals surface area contributed by atoms with Gasteiger partial charge in [0, 0.05) is 20.9 Å². The third-order valence-electron chi connectivity index (χ3n) is 5.69. The molecule has 0 amide bonds. The van der Waals surface area contributed by atoms with Crippen molar-refractivity contribution in [2.75, 3.05) is 6.61 Å². The van der Waals surface area contributed by atoms with Gasteiger partial charge < -0.3 is 9.47 Å². The Balaban J connectivity index is 2.22. The summed E-state index contributed by atoms with van der Waals surface area (Å²) >= 11 is 1.75. The van der Waals surface area contributed by atoms with Gasteiger partial charge in [0.25, 0.3) is 0 Å². The second kappa shape index (κ2) is 9.30. The van der Waals surface area contributed by atoms with E-state index in [2.05, 4.69) is 51.1 Å². The van der Waals surface area contributed by atoms with Crippen LogP contribution in [0.5, 0.6) is 0 Å². The standard InChI is InChI=1S/C27H36O3S/c1-8-29-25(28)23(30-26(3,4)5)21-18(2)31-24(20-12-10-9-11-13-20)22(21)19-14-16-27(6,7)17-15-19/h9-14,23H,8,15-17H2,1-7H3. The Hall–Kier alpha value is -1.91. The average molecular weight is 441 g/mol. The van der Waals surface area contributed by atoms with Crippen molar-refractivity contribution in [3.8, 4) is 10.4 Å². The largest absolute Gasteiger partial charge is 0.464 e. The lowest BCUT2D eigenvalue weighted by Gasteiger charge is -2.31. The Morgan fingerprint density at radius 1 is 1.19 bits per heavy atom. The molecule has 2 aromatic rings. The summed E-state index contributed by atoms with van der Waals surface area (Å²) in [5.74, 6) is -0.309. The Kier molecular flexibility index (Phi) is 7.12. The number of carbonyl (C=O) groups is 1. The van der Waals surface area contributed by atoms with E-state index in [1.165, 1.54) is 21.6 Å². The van der Waals surface area contributed by atoms with Crippen molar-refractivity contribution in [3.63, 3.8) is 0 Å². The van der Waals surface area contributed by atoms with Gasteiger partial charge in [0.15, 0.2) is 6.10 Å². The lowest BCUT2D eigenvalue weighted by atomic mass is 9.76. The van der Waals surface area contributed by atoms with Crippen LogP contribution in [0.3, 0.4) is 0 Å². The van der Waals surface area contributed by atoms with Crippen LogP contribution >= 0.6 is 11.3 Å². The normalized spacial score (nSPS) is 17.2. The molecule has 168 valence electrons. The molecular weight excluding hydrogens is 404 g/mol. The van der Waals surface area contributed by atoms with Crippen LogP contribution in [0.4, 0.5) is 0 Å². The van der Waals surface area contributed by atoms with Gasteiger partial charge in [-0.3, -0.25) is 0 Å². The quantitative estimate of drug-likeness (QED) is 0.431. The minimum absolute atomic E-state index is 0.309. The Bertz CT molecular complexity index is 945. The molecule has 0 saturated heterocycles. The molecule has 4 heteroatoms. The molecular formula is C27H36O3S. The number of rotatable bonds is 6. The maximum absolute atomic E-state index is 13.1. The molecule has 0 fully saturated rings. The van der Waals surface area contributed by atoms with Gasteiger partial charge in [-0.1, -0.05) is 50.3 Å². The van der Waals surface area contributed by atoms with Crippen LogP contribution in [-0.4, -0.2) is 18.2 Å². The van der Waals surface area contributed by atoms with Gasteiger partial charge in [-0.05, 0) is 70.4 Å². The summed E-state index contributed by atoms with van der Waals surface area (Å²) in [6.45, 7) is 14.9. The number of thiophene rings is 1. The predicted molar refractivity (Wildman–Crippen MR) is 130 cm³/mol. The van der Waals surface area contributed by atoms with Crippen molar-refractivity contribution in [1.29, 1.82) is 0 Å². The van der Waals surface area contributed by atoms with E-state index >= 15 is 0 Å². The number of hydrogen-bond acceptors (Lipinski definition) is 4. The predicted octanol–water partition coefficient (Wildman–Crippen LogP) is 7.74. The number of hydrogen-bond donors (Lipinski definition) is 0. The average Bonchev–Trinajstić information content (AvgIpc) is 3.03. The van der Waals surface area contributed by atoms with Crippen molar-refractivity contribution >= 4 is 22.9 Å². The molecule has 31 heavy (non-hydrogen) atoms. The first kappa shape index (κ1) is 23.7. The van der Waals surface area contributed by atoms with Crippen molar-refractivity contribution in [3.05, 3.63) is 52.4 Å². The monoisotopic (exact) mass is 440 g/mol. The lowest BCUT2D eigenvalue weighted by Crippen LogP contribution is -2.29. The highest BCUT2D eigenvalue weighted by Crippen LogP contribution is 2.48. The van der Waals surface area contributed by atoms with Gasteiger partial charge in [-0.15, -0.1) is 11.3 Å². The molecule has 1 unspecified atom stereocenters. The summed E-state index contributed by atoms with van der Waals surface area (Å²) in [5, 5.41) is 0. The summed E-state index contributed by atoms with van der Waals surface area (Å²) in [7, 11) is 0. The van der Waals surface area contributed by atoms with E-state index in [1.807, 2.05) is 33.8 Å². The number of allylic oxidation sites excluding steroid dienone is 2. The van der Waals surface area contributed by atoms with Crippen molar-refractivity contribution in [2.45, 2.75) is 79.4 Å². The van der Waals surface area contributed by atoms with E-state index in [1.54, 1.807) is 11.3 Å². The van der Waals surface area contributed by atoms with Crippen LogP contribution in [0.1, 0.15) is 82.9 Å². The molecule has 3 rings (SSSR count). The van der Waals surface area contributed by atoms with E-state index in [9.17, 15) is 4.79 Å². The molecule has 0 N–H and O–H groups in total. The zero-order valence-corrected chi connectivity index (χ0v) is 20.8. The van der Waals surface area contributed by atoms with E-state index in [0.717, 1.165) is 29.7 Å². The van der Waals surface area contributed by atoms with Crippen molar-refractivity contribution in [2.24, 2.45) is 5.41 Å². The molecule has 1 aromatic carbocycles. The number of carbonyl (C=O) groups excluding carboxylic acids is 1. The van der Waals surface area contributed by atoms with Crippen LogP contribution in [0.15, 0.2) is 36.4 Å². The molecule has 0 radical (unpaired) electrons. The molecule has 0 spiro atoms. The first-order chi connectivity index (χ1) is 14.5. The van der Waals surface area contributed by atoms with Gasteiger partial charge >= 0.3 is 5.97 Å². The van der Waals surface area contributed by atoms with Crippen molar-refractivity contribution < 1.29 is 14.3 Å². The maximum Gasteiger partial charge on any atom is 0.340 e. The number of esters is 1. The fourth-order valence-corrected chi connectivity index (χ4v) is 5.31. The van der Waals surface area contributed by atoms with Gasteiger partial charge in [-0.2, -0.15) is 0 Å². The topological polar surface area (TPSA) is 35.5 Å². The molecule has 0 aliphatic heterocycles. The van der Waals surface area contributed by atoms with E-state index in [4.69, 9.17) is 9.47 Å². The fourth-order valence-electron chi connectivity index (χ4n) is 4.08. The van der Waals surface area contributed by atoms with Gasteiger partial charge in [0.05, 0.1) is 12.2 Å². The Morgan fingerprint density at radius 3 is 2.42 bits per heavy atom. The van der Waals surface area contributed by atoms with E-state index < -0.39 is 11.7 Å². The van der Waals surface area contributed by atoms with Crippen LogP contribution in [0.25, 0.3) is 16.0 Å². The SMILES string of the molecule is CCOC(=O)C(OC(C)(C)C)c1c(C)sc(-c2ccccc2)c1C1=CCC(C)(C)CC1. The Morgan fingerprint density at radius 2 is 1.87 bits per heavy atom. The minimum atomic E-state index is -0.737. The van der Waals surface area contributed by atoms with E-state index in [0.29, 0.717) is 12.0 Å². The first-order valence-corrected chi connectivity index (χ1v) is 12.1. The zero-order valence-electron chi connectivity index (χ0n) is 20.0. The Labute approximate surface area is 191 Å². The zero-order chi connectivity index (χ0) is 22.8. The molecule has 1 heterocycles. The lowest BCUT2D eigenvalue weighted by molar-refractivity contribution is -0.166. The highest BCUT2D eigenvalue weighted by molar-refractivity contribution is 7.16. The van der Waals surface area contributed by atoms with Crippen LogP contribution in [-0.2, 0) is 14.3 Å². The third kappa shape index (κ3) is 5.67. The second-order valence-corrected chi connectivity index (χ2v) is 11.3. The summed E-state index contributed by atoms with van der Waals surface area (Å²) in [4.78, 5) is 15.4. The van der Waals surface area contributed by atoms with E-state index in [-0.39, 0.29) is 5.97 Å². The molecule has 1 aliphatic rings. The molecule has 1 aromatic heterocycles. The molecule has 0 saturated carbocycles.